The molecule has 5 N–H and O–H groups in total. The first-order valence-electron chi connectivity index (χ1n) is 8.57. The van der Waals surface area contributed by atoms with Crippen molar-refractivity contribution in [2.75, 3.05) is 10.6 Å². The highest BCUT2D eigenvalue weighted by Gasteiger charge is 2.13. The van der Waals surface area contributed by atoms with E-state index in [9.17, 15) is 23.5 Å². The van der Waals surface area contributed by atoms with Crippen LogP contribution in [0.5, 0.6) is 0 Å². The lowest BCUT2D eigenvalue weighted by Gasteiger charge is -2.10. The van der Waals surface area contributed by atoms with Crippen LogP contribution in [0.1, 0.15) is 10.4 Å². The number of urea groups is 1. The minimum absolute atomic E-state index is 0.139. The maximum Gasteiger partial charge on any atom is 0.336 e. The number of nitrogens with two attached hydrogens (primary N) is 1. The molecule has 0 fully saturated rings. The number of halogens is 3. The average molecular weight is 492 g/mol. The first kappa shape index (κ1) is 23.5. The van der Waals surface area contributed by atoms with Gasteiger partial charge >= 0.3 is 12.0 Å². The van der Waals surface area contributed by atoms with Crippen molar-refractivity contribution in [3.63, 3.8) is 0 Å². The molecule has 0 bridgehead atoms. The standard InChI is InChI=1S/C20H13BrF2N2O3.CH3NO/c21-12-3-7-15(16(9-12)19(26)27)11-1-5-14(6-2-11)24-20(28)25-18-8-4-13(22)10-17(18)23;2-1-3/h1-10H,(H,26,27)(H2,24,25,28);1H,(H2,2,3). The Balaban J connectivity index is 0.00000107. The Kier molecular flexibility index (Phi) is 8.21. The number of carbonyl (C=O) groups excluding carboxylic acids is 2. The molecule has 3 amide bonds. The summed E-state index contributed by atoms with van der Waals surface area (Å²) in [7, 11) is 0. The zero-order valence-corrected chi connectivity index (χ0v) is 17.3. The zero-order chi connectivity index (χ0) is 23.0. The highest BCUT2D eigenvalue weighted by Crippen LogP contribution is 2.28. The molecule has 0 aromatic heterocycles. The number of primary amides is 1. The summed E-state index contributed by atoms with van der Waals surface area (Å²) in [5, 5.41) is 14.2. The van der Waals surface area contributed by atoms with Gasteiger partial charge in [-0.15, -0.1) is 0 Å². The lowest BCUT2D eigenvalue weighted by Crippen LogP contribution is -2.20. The number of rotatable bonds is 4. The van der Waals surface area contributed by atoms with Gasteiger partial charge in [-0.1, -0.05) is 34.1 Å². The molecule has 160 valence electrons. The predicted molar refractivity (Wildman–Crippen MR) is 116 cm³/mol. The number of carbonyl (C=O) groups is 3. The van der Waals surface area contributed by atoms with Crippen LogP contribution in [-0.4, -0.2) is 23.5 Å². The van der Waals surface area contributed by atoms with E-state index in [-0.39, 0.29) is 17.7 Å². The Morgan fingerprint density at radius 1 is 0.968 bits per heavy atom. The monoisotopic (exact) mass is 491 g/mol. The second kappa shape index (κ2) is 10.8. The lowest BCUT2D eigenvalue weighted by atomic mass is 9.99. The third-order valence-corrected chi connectivity index (χ3v) is 4.34. The summed E-state index contributed by atoms with van der Waals surface area (Å²) in [4.78, 5) is 32.0. The molecule has 31 heavy (non-hydrogen) atoms. The van der Waals surface area contributed by atoms with Gasteiger partial charge in [-0.3, -0.25) is 4.79 Å². The molecule has 0 atom stereocenters. The maximum absolute atomic E-state index is 13.6. The van der Waals surface area contributed by atoms with Crippen LogP contribution in [0.4, 0.5) is 25.0 Å². The summed E-state index contributed by atoms with van der Waals surface area (Å²) in [6, 6.07) is 13.5. The Bertz CT molecular complexity index is 1110. The van der Waals surface area contributed by atoms with Crippen LogP contribution >= 0.6 is 15.9 Å². The first-order valence-corrected chi connectivity index (χ1v) is 9.36. The van der Waals surface area contributed by atoms with Gasteiger partial charge in [0, 0.05) is 16.2 Å². The average Bonchev–Trinajstić information content (AvgIpc) is 2.71. The fraction of sp³-hybridized carbons (Fsp3) is 0. The molecule has 3 aromatic rings. The van der Waals surface area contributed by atoms with Crippen LogP contribution in [0.15, 0.2) is 65.1 Å². The van der Waals surface area contributed by atoms with Crippen LogP contribution in [0.25, 0.3) is 11.1 Å². The van der Waals surface area contributed by atoms with Gasteiger partial charge in [0.05, 0.1) is 11.3 Å². The fourth-order valence-electron chi connectivity index (χ4n) is 2.55. The van der Waals surface area contributed by atoms with Gasteiger partial charge in [0.25, 0.3) is 0 Å². The summed E-state index contributed by atoms with van der Waals surface area (Å²) in [6.07, 6.45) is 0.250. The molecule has 0 radical (unpaired) electrons. The molecule has 0 unspecified atom stereocenters. The molecule has 0 heterocycles. The van der Waals surface area contributed by atoms with E-state index in [0.29, 0.717) is 27.4 Å². The molecule has 0 spiro atoms. The third-order valence-electron chi connectivity index (χ3n) is 3.85. The number of benzene rings is 3. The quantitative estimate of drug-likeness (QED) is 0.390. The highest BCUT2D eigenvalue weighted by molar-refractivity contribution is 9.10. The van der Waals surface area contributed by atoms with Crippen LogP contribution in [0.3, 0.4) is 0 Å². The normalized spacial score (nSPS) is 9.77. The van der Waals surface area contributed by atoms with Gasteiger partial charge in [0.15, 0.2) is 0 Å². The van der Waals surface area contributed by atoms with E-state index < -0.39 is 23.6 Å². The van der Waals surface area contributed by atoms with E-state index in [0.717, 1.165) is 12.1 Å². The van der Waals surface area contributed by atoms with Gasteiger partial charge in [-0.25, -0.2) is 18.4 Å². The molecule has 0 aliphatic heterocycles. The first-order chi connectivity index (χ1) is 14.7. The SMILES string of the molecule is NC=O.O=C(Nc1ccc(-c2ccc(Br)cc2C(=O)O)cc1)Nc1ccc(F)cc1F. The Labute approximate surface area is 184 Å². The number of nitrogens with one attached hydrogen (secondary N) is 2. The van der Waals surface area contributed by atoms with E-state index in [1.807, 2.05) is 0 Å². The molecule has 7 nitrogen and oxygen atoms in total. The summed E-state index contributed by atoms with van der Waals surface area (Å²) in [5.74, 6) is -2.69. The van der Waals surface area contributed by atoms with E-state index >= 15 is 0 Å². The van der Waals surface area contributed by atoms with E-state index in [1.54, 1.807) is 36.4 Å². The highest BCUT2D eigenvalue weighted by atomic mass is 79.9. The van der Waals surface area contributed by atoms with Gasteiger partial charge < -0.3 is 21.5 Å². The number of amides is 3. The lowest BCUT2D eigenvalue weighted by molar-refractivity contribution is -0.106. The summed E-state index contributed by atoms with van der Waals surface area (Å²) >= 11 is 3.25. The minimum Gasteiger partial charge on any atom is -0.478 e. The van der Waals surface area contributed by atoms with Gasteiger partial charge in [-0.05, 0) is 47.5 Å². The minimum atomic E-state index is -1.06. The molecule has 3 aromatic carbocycles. The molecule has 0 saturated carbocycles. The Hall–Kier alpha value is -3.79. The maximum atomic E-state index is 13.6. The van der Waals surface area contributed by atoms with Crippen molar-refractivity contribution in [2.45, 2.75) is 0 Å². The summed E-state index contributed by atoms with van der Waals surface area (Å²) < 4.78 is 27.1. The van der Waals surface area contributed by atoms with Crippen molar-refractivity contribution in [1.82, 2.24) is 0 Å². The van der Waals surface area contributed by atoms with Gasteiger partial charge in [-0.2, -0.15) is 0 Å². The Morgan fingerprint density at radius 2 is 1.61 bits per heavy atom. The van der Waals surface area contributed by atoms with Crippen molar-refractivity contribution in [3.8, 4) is 11.1 Å². The van der Waals surface area contributed by atoms with E-state index in [2.05, 4.69) is 32.3 Å². The summed E-state index contributed by atoms with van der Waals surface area (Å²) in [5.41, 5.74) is 5.74. The second-order valence-electron chi connectivity index (χ2n) is 5.91. The van der Waals surface area contributed by atoms with Crippen LogP contribution in [0, 0.1) is 11.6 Å². The molecule has 3 rings (SSSR count). The molecule has 0 saturated heterocycles. The van der Waals surface area contributed by atoms with Gasteiger partial charge in [0.1, 0.15) is 11.6 Å². The summed E-state index contributed by atoms with van der Waals surface area (Å²) in [6.45, 7) is 0. The van der Waals surface area contributed by atoms with Crippen molar-refractivity contribution in [3.05, 3.63) is 82.3 Å². The predicted octanol–water partition coefficient (Wildman–Crippen LogP) is 4.84. The van der Waals surface area contributed by atoms with Crippen molar-refractivity contribution in [2.24, 2.45) is 5.73 Å². The molecule has 10 heteroatoms. The van der Waals surface area contributed by atoms with Gasteiger partial charge in [0.2, 0.25) is 6.41 Å². The third kappa shape index (κ3) is 6.61. The van der Waals surface area contributed by atoms with Crippen molar-refractivity contribution >= 4 is 45.7 Å². The number of carboxylic acids is 1. The largest absolute Gasteiger partial charge is 0.478 e. The number of hydrogen-bond acceptors (Lipinski definition) is 3. The fourth-order valence-corrected chi connectivity index (χ4v) is 2.91. The van der Waals surface area contributed by atoms with E-state index in [4.69, 9.17) is 4.79 Å². The topological polar surface area (TPSA) is 122 Å². The molecule has 0 aliphatic carbocycles. The van der Waals surface area contributed by atoms with Crippen molar-refractivity contribution < 1.29 is 28.3 Å². The smallest absolute Gasteiger partial charge is 0.336 e. The Morgan fingerprint density at radius 3 is 2.19 bits per heavy atom. The molecular weight excluding hydrogens is 476 g/mol. The van der Waals surface area contributed by atoms with Crippen LogP contribution < -0.4 is 16.4 Å². The molecule has 0 aliphatic rings. The number of hydrogen-bond donors (Lipinski definition) is 4. The van der Waals surface area contributed by atoms with Crippen LogP contribution in [-0.2, 0) is 4.79 Å². The van der Waals surface area contributed by atoms with E-state index in [1.165, 1.54) is 6.07 Å². The number of aromatic carboxylic acids is 1. The van der Waals surface area contributed by atoms with Crippen molar-refractivity contribution in [1.29, 1.82) is 0 Å². The zero-order valence-electron chi connectivity index (χ0n) is 15.7. The second-order valence-corrected chi connectivity index (χ2v) is 6.83. The number of anilines is 2. The van der Waals surface area contributed by atoms with Crippen LogP contribution in [0.2, 0.25) is 0 Å². The number of carboxylic acid groups (broad SMARTS) is 1. The molecular formula is C21H16BrF2N3O4.